The molecule has 2 nitrogen and oxygen atoms in total. The molecule has 0 amide bonds. The molecule has 0 aromatic heterocycles. The van der Waals surface area contributed by atoms with Crippen LogP contribution in [0.1, 0.15) is 12.5 Å². The summed E-state index contributed by atoms with van der Waals surface area (Å²) in [6.45, 7) is 2.24. The van der Waals surface area contributed by atoms with Gasteiger partial charge in [0.05, 0.1) is 6.61 Å². The minimum atomic E-state index is -0.228. The van der Waals surface area contributed by atoms with Crippen LogP contribution in [0.3, 0.4) is 0 Å². The fraction of sp³-hybridized carbons (Fsp3) is 0.235. The Morgan fingerprint density at radius 2 is 1.81 bits per heavy atom. The fourth-order valence-electron chi connectivity index (χ4n) is 1.91. The number of carbonyl (C=O) groups is 1. The standard InChI is InChI=1S/C17H17BrO2S/c1-2-20-17(19)16(21-15-6-4-3-5-7-15)12-13-8-10-14(18)11-9-13/h3-11,16H,2,12H2,1H3. The average molecular weight is 365 g/mol. The molecule has 2 aromatic carbocycles. The first-order valence-electron chi connectivity index (χ1n) is 6.82. The van der Waals surface area contributed by atoms with Crippen molar-refractivity contribution in [2.45, 2.75) is 23.5 Å². The highest BCUT2D eigenvalue weighted by Gasteiger charge is 2.21. The normalized spacial score (nSPS) is 11.9. The molecule has 0 N–H and O–H groups in total. The van der Waals surface area contributed by atoms with Crippen molar-refractivity contribution in [1.29, 1.82) is 0 Å². The molecular weight excluding hydrogens is 348 g/mol. The van der Waals surface area contributed by atoms with E-state index >= 15 is 0 Å². The summed E-state index contributed by atoms with van der Waals surface area (Å²) < 4.78 is 6.24. The van der Waals surface area contributed by atoms with Gasteiger partial charge < -0.3 is 4.74 Å². The molecule has 0 bridgehead atoms. The van der Waals surface area contributed by atoms with E-state index in [1.165, 1.54) is 0 Å². The topological polar surface area (TPSA) is 26.3 Å². The van der Waals surface area contributed by atoms with Crippen molar-refractivity contribution in [3.63, 3.8) is 0 Å². The number of ether oxygens (including phenoxy) is 1. The van der Waals surface area contributed by atoms with Crippen LogP contribution in [0, 0.1) is 0 Å². The smallest absolute Gasteiger partial charge is 0.319 e. The zero-order chi connectivity index (χ0) is 15.1. The van der Waals surface area contributed by atoms with E-state index in [2.05, 4.69) is 15.9 Å². The monoisotopic (exact) mass is 364 g/mol. The van der Waals surface area contributed by atoms with Crippen LogP contribution in [-0.2, 0) is 16.0 Å². The first-order chi connectivity index (χ1) is 10.2. The Bertz CT molecular complexity index is 569. The first-order valence-corrected chi connectivity index (χ1v) is 8.49. The molecule has 1 atom stereocenters. The molecule has 0 aliphatic carbocycles. The van der Waals surface area contributed by atoms with Crippen LogP contribution in [0.4, 0.5) is 0 Å². The van der Waals surface area contributed by atoms with Crippen molar-refractivity contribution < 1.29 is 9.53 Å². The molecule has 2 rings (SSSR count). The molecule has 110 valence electrons. The van der Waals surface area contributed by atoms with Gasteiger partial charge in [0.1, 0.15) is 5.25 Å². The SMILES string of the molecule is CCOC(=O)C(Cc1ccc(Br)cc1)Sc1ccccc1. The summed E-state index contributed by atoms with van der Waals surface area (Å²) >= 11 is 4.97. The lowest BCUT2D eigenvalue weighted by molar-refractivity contribution is -0.142. The van der Waals surface area contributed by atoms with Gasteiger partial charge in [-0.3, -0.25) is 4.79 Å². The van der Waals surface area contributed by atoms with Crippen LogP contribution < -0.4 is 0 Å². The number of hydrogen-bond acceptors (Lipinski definition) is 3. The summed E-state index contributed by atoms with van der Waals surface area (Å²) in [7, 11) is 0. The second kappa shape index (κ2) is 8.25. The first kappa shape index (κ1) is 16.1. The maximum Gasteiger partial charge on any atom is 0.319 e. The molecule has 0 aliphatic heterocycles. The van der Waals surface area contributed by atoms with E-state index in [0.717, 1.165) is 14.9 Å². The van der Waals surface area contributed by atoms with Crippen molar-refractivity contribution >= 4 is 33.7 Å². The molecule has 0 spiro atoms. The van der Waals surface area contributed by atoms with E-state index in [1.807, 2.05) is 61.5 Å². The van der Waals surface area contributed by atoms with Gasteiger partial charge in [-0.1, -0.05) is 46.3 Å². The highest BCUT2D eigenvalue weighted by molar-refractivity contribution is 9.10. The Kier molecular flexibility index (Phi) is 6.33. The third-order valence-corrected chi connectivity index (χ3v) is 4.62. The third-order valence-electron chi connectivity index (χ3n) is 2.91. The van der Waals surface area contributed by atoms with Gasteiger partial charge in [0.2, 0.25) is 0 Å². The summed E-state index contributed by atoms with van der Waals surface area (Å²) in [5.41, 5.74) is 1.12. The maximum absolute atomic E-state index is 12.2. The predicted octanol–water partition coefficient (Wildman–Crippen LogP) is 4.72. The third kappa shape index (κ3) is 5.21. The molecule has 0 heterocycles. The Labute approximate surface area is 138 Å². The summed E-state index contributed by atoms with van der Waals surface area (Å²) in [4.78, 5) is 13.2. The van der Waals surface area contributed by atoms with Gasteiger partial charge in [-0.2, -0.15) is 0 Å². The molecule has 4 heteroatoms. The van der Waals surface area contributed by atoms with Crippen molar-refractivity contribution in [3.05, 3.63) is 64.6 Å². The van der Waals surface area contributed by atoms with Crippen molar-refractivity contribution in [2.24, 2.45) is 0 Å². The van der Waals surface area contributed by atoms with Crippen LogP contribution in [-0.4, -0.2) is 17.8 Å². The second-order valence-corrected chi connectivity index (χ2v) is 6.69. The molecule has 1 unspecified atom stereocenters. The number of hydrogen-bond donors (Lipinski definition) is 0. The summed E-state index contributed by atoms with van der Waals surface area (Å²) in [5, 5.41) is -0.228. The lowest BCUT2D eigenvalue weighted by Gasteiger charge is -2.15. The van der Waals surface area contributed by atoms with Crippen LogP contribution in [0.2, 0.25) is 0 Å². The van der Waals surface area contributed by atoms with Crippen molar-refractivity contribution in [1.82, 2.24) is 0 Å². The summed E-state index contributed by atoms with van der Waals surface area (Å²) in [6, 6.07) is 18.0. The van der Waals surface area contributed by atoms with Gasteiger partial charge in [-0.25, -0.2) is 0 Å². The number of rotatable bonds is 6. The van der Waals surface area contributed by atoms with Crippen LogP contribution in [0.5, 0.6) is 0 Å². The predicted molar refractivity (Wildman–Crippen MR) is 90.6 cm³/mol. The van der Waals surface area contributed by atoms with Crippen LogP contribution >= 0.6 is 27.7 Å². The van der Waals surface area contributed by atoms with Crippen molar-refractivity contribution in [2.75, 3.05) is 6.61 Å². The Morgan fingerprint density at radius 3 is 2.43 bits per heavy atom. The van der Waals surface area contributed by atoms with Gasteiger partial charge in [0.25, 0.3) is 0 Å². The lowest BCUT2D eigenvalue weighted by atomic mass is 10.1. The van der Waals surface area contributed by atoms with Gasteiger partial charge >= 0.3 is 5.97 Å². The van der Waals surface area contributed by atoms with Crippen LogP contribution in [0.25, 0.3) is 0 Å². The Balaban J connectivity index is 2.11. The number of benzene rings is 2. The highest BCUT2D eigenvalue weighted by atomic mass is 79.9. The average Bonchev–Trinajstić information content (AvgIpc) is 2.50. The Hall–Kier alpha value is -1.26. The maximum atomic E-state index is 12.2. The van der Waals surface area contributed by atoms with E-state index in [9.17, 15) is 4.79 Å². The molecule has 21 heavy (non-hydrogen) atoms. The molecule has 2 aromatic rings. The highest BCUT2D eigenvalue weighted by Crippen LogP contribution is 2.27. The van der Waals surface area contributed by atoms with E-state index in [4.69, 9.17) is 4.74 Å². The number of carbonyl (C=O) groups excluding carboxylic acids is 1. The lowest BCUT2D eigenvalue weighted by Crippen LogP contribution is -2.22. The number of halogens is 1. The second-order valence-electron chi connectivity index (χ2n) is 4.50. The fourth-order valence-corrected chi connectivity index (χ4v) is 3.25. The molecule has 0 fully saturated rings. The van der Waals surface area contributed by atoms with E-state index < -0.39 is 0 Å². The zero-order valence-corrected chi connectivity index (χ0v) is 14.2. The quantitative estimate of drug-likeness (QED) is 0.548. The van der Waals surface area contributed by atoms with Crippen LogP contribution in [0.15, 0.2) is 64.0 Å². The van der Waals surface area contributed by atoms with E-state index in [-0.39, 0.29) is 11.2 Å². The van der Waals surface area contributed by atoms with Gasteiger partial charge in [-0.15, -0.1) is 11.8 Å². The molecular formula is C17H17BrO2S. The Morgan fingerprint density at radius 1 is 1.14 bits per heavy atom. The largest absolute Gasteiger partial charge is 0.465 e. The van der Waals surface area contributed by atoms with Gasteiger partial charge in [0, 0.05) is 9.37 Å². The minimum Gasteiger partial charge on any atom is -0.465 e. The summed E-state index contributed by atoms with van der Waals surface area (Å²) in [5.74, 6) is -0.158. The van der Waals surface area contributed by atoms with Crippen molar-refractivity contribution in [3.8, 4) is 0 Å². The van der Waals surface area contributed by atoms with Gasteiger partial charge in [0.15, 0.2) is 0 Å². The molecule has 0 saturated carbocycles. The molecule has 0 aliphatic rings. The number of esters is 1. The van der Waals surface area contributed by atoms with Gasteiger partial charge in [-0.05, 0) is 43.2 Å². The summed E-state index contributed by atoms with van der Waals surface area (Å²) in [6.07, 6.45) is 0.658. The van der Waals surface area contributed by atoms with E-state index in [1.54, 1.807) is 11.8 Å². The molecule has 0 radical (unpaired) electrons. The minimum absolute atomic E-state index is 0.158. The number of thioether (sulfide) groups is 1. The zero-order valence-electron chi connectivity index (χ0n) is 11.8. The molecule has 0 saturated heterocycles. The van der Waals surface area contributed by atoms with E-state index in [0.29, 0.717) is 13.0 Å².